The molecule has 2 rings (SSSR count). The molecule has 0 radical (unpaired) electrons. The lowest BCUT2D eigenvalue weighted by molar-refractivity contribution is -0.308. The van der Waals surface area contributed by atoms with E-state index in [2.05, 4.69) is 5.32 Å². The summed E-state index contributed by atoms with van der Waals surface area (Å²) in [5.41, 5.74) is 1.07. The van der Waals surface area contributed by atoms with Crippen molar-refractivity contribution in [2.75, 3.05) is 0 Å². The number of hydrogen-bond donors (Lipinski definition) is 1. The molecule has 0 aliphatic carbocycles. The SMILES string of the molecule is CC(C)(C)OC(=O)NC(Cc1ccc(OCc2ccccc2)cc1)C(=O)[O-]. The van der Waals surface area contributed by atoms with Gasteiger partial charge in [0, 0.05) is 0 Å². The summed E-state index contributed by atoms with van der Waals surface area (Å²) in [6.45, 7) is 5.56. The zero-order chi connectivity index (χ0) is 19.9. The number of nitrogens with one attached hydrogen (secondary N) is 1. The second-order valence-electron chi connectivity index (χ2n) is 7.14. The number of rotatable bonds is 7. The van der Waals surface area contributed by atoms with Crippen molar-refractivity contribution in [3.63, 3.8) is 0 Å². The topological polar surface area (TPSA) is 87.7 Å². The number of benzene rings is 2. The number of carbonyl (C=O) groups excluding carboxylic acids is 2. The van der Waals surface area contributed by atoms with Crippen LogP contribution >= 0.6 is 0 Å². The third-order valence-corrected chi connectivity index (χ3v) is 3.59. The number of aliphatic carboxylic acids is 1. The lowest BCUT2D eigenvalue weighted by atomic mass is 10.1. The minimum absolute atomic E-state index is 0.0839. The number of alkyl carbamates (subject to hydrolysis) is 1. The molecule has 2 aromatic rings. The van der Waals surface area contributed by atoms with Crippen molar-refractivity contribution in [3.05, 3.63) is 65.7 Å². The third-order valence-electron chi connectivity index (χ3n) is 3.59. The molecule has 0 aromatic heterocycles. The van der Waals surface area contributed by atoms with Crippen LogP contribution in [0, 0.1) is 0 Å². The maximum absolute atomic E-state index is 11.8. The van der Waals surface area contributed by atoms with E-state index in [9.17, 15) is 14.7 Å². The van der Waals surface area contributed by atoms with Crippen LogP contribution in [0.3, 0.4) is 0 Å². The molecule has 6 nitrogen and oxygen atoms in total. The number of hydrogen-bond acceptors (Lipinski definition) is 5. The standard InChI is InChI=1S/C21H25NO5/c1-21(2,3)27-20(25)22-18(19(23)24)13-15-9-11-17(12-10-15)26-14-16-7-5-4-6-8-16/h4-12,18H,13-14H2,1-3H3,(H,22,25)(H,23,24)/p-1. The highest BCUT2D eigenvalue weighted by Crippen LogP contribution is 2.15. The fourth-order valence-corrected chi connectivity index (χ4v) is 2.34. The molecule has 27 heavy (non-hydrogen) atoms. The Morgan fingerprint density at radius 2 is 1.63 bits per heavy atom. The Balaban J connectivity index is 1.92. The van der Waals surface area contributed by atoms with Crippen LogP contribution in [0.5, 0.6) is 5.75 Å². The molecule has 1 atom stereocenters. The van der Waals surface area contributed by atoms with E-state index in [1.807, 2.05) is 30.3 Å². The quantitative estimate of drug-likeness (QED) is 0.809. The highest BCUT2D eigenvalue weighted by atomic mass is 16.6. The first kappa shape index (κ1) is 20.3. The molecule has 0 heterocycles. The zero-order valence-corrected chi connectivity index (χ0v) is 15.7. The molecule has 1 amide bonds. The Bertz CT molecular complexity index is 750. The molecule has 0 aliphatic heterocycles. The normalized spacial score (nSPS) is 12.1. The molecular weight excluding hydrogens is 346 g/mol. The molecular formula is C21H24NO5-. The average molecular weight is 370 g/mol. The largest absolute Gasteiger partial charge is 0.548 e. The number of ether oxygens (including phenoxy) is 2. The van der Waals surface area contributed by atoms with Crippen molar-refractivity contribution >= 4 is 12.1 Å². The van der Waals surface area contributed by atoms with Crippen LogP contribution in [0.2, 0.25) is 0 Å². The first-order valence-electron chi connectivity index (χ1n) is 8.69. The van der Waals surface area contributed by atoms with Gasteiger partial charge < -0.3 is 24.7 Å². The highest BCUT2D eigenvalue weighted by molar-refractivity contribution is 5.79. The van der Waals surface area contributed by atoms with E-state index in [0.29, 0.717) is 12.4 Å². The fraction of sp³-hybridized carbons (Fsp3) is 0.333. The van der Waals surface area contributed by atoms with Gasteiger partial charge in [-0.15, -0.1) is 0 Å². The summed E-state index contributed by atoms with van der Waals surface area (Å²) < 4.78 is 10.8. The third kappa shape index (κ3) is 7.40. The Morgan fingerprint density at radius 1 is 1.00 bits per heavy atom. The lowest BCUT2D eigenvalue weighted by Crippen LogP contribution is -2.50. The Labute approximate surface area is 159 Å². The van der Waals surface area contributed by atoms with Crippen molar-refractivity contribution in [1.29, 1.82) is 0 Å². The number of amides is 1. The van der Waals surface area contributed by atoms with Gasteiger partial charge in [-0.25, -0.2) is 4.79 Å². The van der Waals surface area contributed by atoms with Crippen molar-refractivity contribution in [2.45, 2.75) is 45.4 Å². The molecule has 0 bridgehead atoms. The van der Waals surface area contributed by atoms with Gasteiger partial charge in [0.1, 0.15) is 18.0 Å². The maximum Gasteiger partial charge on any atom is 0.408 e. The smallest absolute Gasteiger partial charge is 0.408 e. The summed E-state index contributed by atoms with van der Waals surface area (Å²) >= 11 is 0. The van der Waals surface area contributed by atoms with Crippen LogP contribution in [-0.4, -0.2) is 23.7 Å². The van der Waals surface area contributed by atoms with Gasteiger partial charge in [-0.1, -0.05) is 42.5 Å². The molecule has 144 valence electrons. The van der Waals surface area contributed by atoms with Gasteiger partial charge in [0.2, 0.25) is 0 Å². The summed E-state index contributed by atoms with van der Waals surface area (Å²) in [5.74, 6) is -0.696. The van der Waals surface area contributed by atoms with Gasteiger partial charge in [-0.2, -0.15) is 0 Å². The molecule has 1 unspecified atom stereocenters. The van der Waals surface area contributed by atoms with Crippen molar-refractivity contribution in [1.82, 2.24) is 5.32 Å². The van der Waals surface area contributed by atoms with Crippen LogP contribution in [0.1, 0.15) is 31.9 Å². The van der Waals surface area contributed by atoms with Gasteiger partial charge in [0.15, 0.2) is 0 Å². The number of carboxylic acids is 1. The second-order valence-corrected chi connectivity index (χ2v) is 7.14. The molecule has 0 spiro atoms. The number of carbonyl (C=O) groups is 2. The lowest BCUT2D eigenvalue weighted by Gasteiger charge is -2.24. The molecule has 0 fully saturated rings. The minimum atomic E-state index is -1.37. The average Bonchev–Trinajstić information content (AvgIpc) is 2.60. The Kier molecular flexibility index (Phi) is 6.82. The van der Waals surface area contributed by atoms with E-state index in [-0.39, 0.29) is 6.42 Å². The summed E-state index contributed by atoms with van der Waals surface area (Å²) in [7, 11) is 0. The van der Waals surface area contributed by atoms with Crippen LogP contribution in [-0.2, 0) is 22.6 Å². The van der Waals surface area contributed by atoms with Gasteiger partial charge in [-0.05, 0) is 50.5 Å². The maximum atomic E-state index is 11.8. The van der Waals surface area contributed by atoms with E-state index < -0.39 is 23.7 Å². The van der Waals surface area contributed by atoms with Gasteiger partial charge in [-0.3, -0.25) is 0 Å². The molecule has 1 N–H and O–H groups in total. The highest BCUT2D eigenvalue weighted by Gasteiger charge is 2.20. The van der Waals surface area contributed by atoms with Crippen LogP contribution < -0.4 is 15.2 Å². The monoisotopic (exact) mass is 370 g/mol. The Morgan fingerprint density at radius 3 is 2.19 bits per heavy atom. The predicted molar refractivity (Wildman–Crippen MR) is 99.1 cm³/mol. The van der Waals surface area contributed by atoms with Gasteiger partial charge in [0.05, 0.1) is 12.0 Å². The van der Waals surface area contributed by atoms with Crippen molar-refractivity contribution in [2.24, 2.45) is 0 Å². The van der Waals surface area contributed by atoms with Gasteiger partial charge >= 0.3 is 6.09 Å². The van der Waals surface area contributed by atoms with Crippen molar-refractivity contribution in [3.8, 4) is 5.75 Å². The van der Waals surface area contributed by atoms with E-state index in [4.69, 9.17) is 9.47 Å². The van der Waals surface area contributed by atoms with Crippen LogP contribution in [0.25, 0.3) is 0 Å². The molecule has 6 heteroatoms. The first-order chi connectivity index (χ1) is 12.7. The van der Waals surface area contributed by atoms with E-state index in [0.717, 1.165) is 11.1 Å². The number of carboxylic acid groups (broad SMARTS) is 1. The summed E-state index contributed by atoms with van der Waals surface area (Å²) in [4.78, 5) is 23.1. The zero-order valence-electron chi connectivity index (χ0n) is 15.7. The first-order valence-corrected chi connectivity index (χ1v) is 8.69. The van der Waals surface area contributed by atoms with E-state index >= 15 is 0 Å². The Hall–Kier alpha value is -3.02. The van der Waals surface area contributed by atoms with E-state index in [1.54, 1.807) is 45.0 Å². The second kappa shape index (κ2) is 9.07. The molecule has 0 aliphatic rings. The van der Waals surface area contributed by atoms with Crippen molar-refractivity contribution < 1.29 is 24.2 Å². The van der Waals surface area contributed by atoms with Gasteiger partial charge in [0.25, 0.3) is 0 Å². The summed E-state index contributed by atoms with van der Waals surface area (Å²) in [6.07, 6.45) is -0.708. The fourth-order valence-electron chi connectivity index (χ4n) is 2.34. The molecule has 0 saturated carbocycles. The molecule has 0 saturated heterocycles. The predicted octanol–water partition coefficient (Wildman–Crippen LogP) is 2.45. The summed E-state index contributed by atoms with van der Waals surface area (Å²) in [5, 5.41) is 13.7. The summed E-state index contributed by atoms with van der Waals surface area (Å²) in [6, 6.07) is 15.6. The molecule has 2 aromatic carbocycles. The minimum Gasteiger partial charge on any atom is -0.548 e. The van der Waals surface area contributed by atoms with E-state index in [1.165, 1.54) is 0 Å². The van der Waals surface area contributed by atoms with Crippen LogP contribution in [0.15, 0.2) is 54.6 Å². The van der Waals surface area contributed by atoms with Crippen LogP contribution in [0.4, 0.5) is 4.79 Å².